The zero-order valence-electron chi connectivity index (χ0n) is 21.0. The molecule has 1 N–H and O–H groups in total. The SMILES string of the molecule is COc1cccc(CNC(=O)/C=C(\C)c2cc3c(-c4ccc(OC)c(OC)c4)coc3cc2OC)c1. The third kappa shape index (κ3) is 5.15. The van der Waals surface area contributed by atoms with Crippen molar-refractivity contribution >= 4 is 22.4 Å². The van der Waals surface area contributed by atoms with Crippen molar-refractivity contribution in [3.63, 3.8) is 0 Å². The van der Waals surface area contributed by atoms with Crippen LogP contribution >= 0.6 is 0 Å². The number of amides is 1. The van der Waals surface area contributed by atoms with Gasteiger partial charge in [-0.1, -0.05) is 18.2 Å². The molecule has 4 aromatic rings. The van der Waals surface area contributed by atoms with Gasteiger partial charge in [-0.15, -0.1) is 0 Å². The van der Waals surface area contributed by atoms with Gasteiger partial charge in [0.1, 0.15) is 17.1 Å². The molecule has 0 aliphatic heterocycles. The molecule has 4 rings (SSSR count). The van der Waals surface area contributed by atoms with Crippen LogP contribution in [-0.4, -0.2) is 34.3 Å². The summed E-state index contributed by atoms with van der Waals surface area (Å²) in [5.41, 5.74) is 4.99. The molecule has 0 aliphatic rings. The first-order valence-corrected chi connectivity index (χ1v) is 11.4. The Hall–Kier alpha value is -4.39. The summed E-state index contributed by atoms with van der Waals surface area (Å²) in [6.07, 6.45) is 3.27. The van der Waals surface area contributed by atoms with Crippen LogP contribution < -0.4 is 24.3 Å². The summed E-state index contributed by atoms with van der Waals surface area (Å²) in [4.78, 5) is 12.7. The van der Waals surface area contributed by atoms with Gasteiger partial charge in [-0.05, 0) is 54.0 Å². The average Bonchev–Trinajstić information content (AvgIpc) is 3.33. The van der Waals surface area contributed by atoms with Crippen molar-refractivity contribution in [3.8, 4) is 34.1 Å². The molecule has 0 saturated carbocycles. The Kier molecular flexibility index (Phi) is 7.49. The Labute approximate surface area is 210 Å². The molecule has 3 aromatic carbocycles. The molecule has 186 valence electrons. The van der Waals surface area contributed by atoms with Gasteiger partial charge >= 0.3 is 0 Å². The van der Waals surface area contributed by atoms with Crippen molar-refractivity contribution in [1.82, 2.24) is 5.32 Å². The minimum Gasteiger partial charge on any atom is -0.497 e. The third-order valence-corrected chi connectivity index (χ3v) is 5.96. The van der Waals surface area contributed by atoms with Gasteiger partial charge in [-0.3, -0.25) is 4.79 Å². The maximum Gasteiger partial charge on any atom is 0.244 e. The monoisotopic (exact) mass is 487 g/mol. The van der Waals surface area contributed by atoms with E-state index in [4.69, 9.17) is 23.4 Å². The molecule has 1 amide bonds. The van der Waals surface area contributed by atoms with Crippen LogP contribution in [0, 0.1) is 0 Å². The van der Waals surface area contributed by atoms with E-state index in [0.717, 1.165) is 39.0 Å². The standard InChI is InChI=1S/C29H29NO6/c1-18(11-29(31)30-16-19-7-6-8-21(12-19)32-2)22-14-23-24(17-36-27(23)15-26(22)34-4)20-9-10-25(33-3)28(13-20)35-5/h6-15,17H,16H2,1-5H3,(H,30,31)/b18-11+. The fraction of sp³-hybridized carbons (Fsp3) is 0.207. The van der Waals surface area contributed by atoms with Crippen molar-refractivity contribution in [2.24, 2.45) is 0 Å². The van der Waals surface area contributed by atoms with Gasteiger partial charge in [0.2, 0.25) is 5.91 Å². The van der Waals surface area contributed by atoms with Gasteiger partial charge in [-0.25, -0.2) is 0 Å². The molecular weight excluding hydrogens is 458 g/mol. The normalized spacial score (nSPS) is 11.3. The Balaban J connectivity index is 1.64. The molecule has 0 saturated heterocycles. The molecule has 0 atom stereocenters. The van der Waals surface area contributed by atoms with Crippen LogP contribution in [0.5, 0.6) is 23.0 Å². The molecule has 0 fully saturated rings. The number of furan rings is 1. The molecule has 0 unspecified atom stereocenters. The number of methoxy groups -OCH3 is 4. The first-order valence-electron chi connectivity index (χ1n) is 11.4. The van der Waals surface area contributed by atoms with E-state index in [1.807, 2.05) is 61.5 Å². The number of hydrogen-bond acceptors (Lipinski definition) is 6. The van der Waals surface area contributed by atoms with E-state index >= 15 is 0 Å². The lowest BCUT2D eigenvalue weighted by Gasteiger charge is -2.11. The van der Waals surface area contributed by atoms with Gasteiger partial charge in [-0.2, -0.15) is 0 Å². The van der Waals surface area contributed by atoms with Crippen molar-refractivity contribution in [1.29, 1.82) is 0 Å². The molecule has 0 radical (unpaired) electrons. The third-order valence-electron chi connectivity index (χ3n) is 5.96. The van der Waals surface area contributed by atoms with Crippen LogP contribution in [0.25, 0.3) is 27.7 Å². The minimum absolute atomic E-state index is 0.204. The maximum atomic E-state index is 12.7. The van der Waals surface area contributed by atoms with Crippen LogP contribution in [0.2, 0.25) is 0 Å². The number of nitrogens with one attached hydrogen (secondary N) is 1. The number of hydrogen-bond donors (Lipinski definition) is 1. The van der Waals surface area contributed by atoms with E-state index < -0.39 is 0 Å². The van der Waals surface area contributed by atoms with E-state index in [1.165, 1.54) is 0 Å². The number of ether oxygens (including phenoxy) is 4. The van der Waals surface area contributed by atoms with E-state index in [9.17, 15) is 4.79 Å². The van der Waals surface area contributed by atoms with E-state index in [2.05, 4.69) is 5.32 Å². The number of allylic oxidation sites excluding steroid dienone is 1. The zero-order valence-corrected chi connectivity index (χ0v) is 21.0. The topological polar surface area (TPSA) is 79.2 Å². The Bertz CT molecular complexity index is 1420. The Morgan fingerprint density at radius 3 is 2.39 bits per heavy atom. The highest BCUT2D eigenvalue weighted by Gasteiger charge is 2.16. The second kappa shape index (κ2) is 10.9. The maximum absolute atomic E-state index is 12.7. The highest BCUT2D eigenvalue weighted by atomic mass is 16.5. The molecule has 36 heavy (non-hydrogen) atoms. The van der Waals surface area contributed by atoms with Crippen molar-refractivity contribution in [3.05, 3.63) is 78.1 Å². The fourth-order valence-electron chi connectivity index (χ4n) is 4.06. The highest BCUT2D eigenvalue weighted by molar-refractivity contribution is 6.00. The van der Waals surface area contributed by atoms with Crippen LogP contribution in [0.1, 0.15) is 18.1 Å². The van der Waals surface area contributed by atoms with Crippen molar-refractivity contribution in [2.45, 2.75) is 13.5 Å². The summed E-state index contributed by atoms with van der Waals surface area (Å²) >= 11 is 0. The number of benzene rings is 3. The number of carbonyl (C=O) groups is 1. The molecule has 0 aliphatic carbocycles. The fourth-order valence-corrected chi connectivity index (χ4v) is 4.06. The van der Waals surface area contributed by atoms with Crippen LogP contribution in [0.4, 0.5) is 0 Å². The van der Waals surface area contributed by atoms with E-state index in [-0.39, 0.29) is 5.91 Å². The first-order chi connectivity index (χ1) is 17.5. The first kappa shape index (κ1) is 24.7. The molecule has 1 aromatic heterocycles. The average molecular weight is 488 g/mol. The van der Waals surface area contributed by atoms with Gasteiger partial charge in [0.15, 0.2) is 11.5 Å². The molecule has 0 spiro atoms. The lowest BCUT2D eigenvalue weighted by Crippen LogP contribution is -2.20. The largest absolute Gasteiger partial charge is 0.497 e. The summed E-state index contributed by atoms with van der Waals surface area (Å²) in [5, 5.41) is 3.82. The second-order valence-corrected chi connectivity index (χ2v) is 8.16. The smallest absolute Gasteiger partial charge is 0.244 e. The summed E-state index contributed by atoms with van der Waals surface area (Å²) in [5.74, 6) is 2.43. The van der Waals surface area contributed by atoms with Crippen LogP contribution in [0.3, 0.4) is 0 Å². The summed E-state index contributed by atoms with van der Waals surface area (Å²) in [7, 11) is 6.42. The number of fused-ring (bicyclic) bond motifs is 1. The Morgan fingerprint density at radius 1 is 0.889 bits per heavy atom. The van der Waals surface area contributed by atoms with Crippen molar-refractivity contribution < 1.29 is 28.2 Å². The molecule has 7 heteroatoms. The lowest BCUT2D eigenvalue weighted by atomic mass is 9.99. The number of rotatable bonds is 9. The van der Waals surface area contributed by atoms with Gasteiger partial charge < -0.3 is 28.7 Å². The van der Waals surface area contributed by atoms with Crippen LogP contribution in [0.15, 0.2) is 71.4 Å². The molecule has 0 bridgehead atoms. The van der Waals surface area contributed by atoms with Crippen LogP contribution in [-0.2, 0) is 11.3 Å². The quantitative estimate of drug-likeness (QED) is 0.298. The molecule has 1 heterocycles. The lowest BCUT2D eigenvalue weighted by molar-refractivity contribution is -0.116. The summed E-state index contributed by atoms with van der Waals surface area (Å²) in [6, 6.07) is 17.1. The minimum atomic E-state index is -0.204. The van der Waals surface area contributed by atoms with Gasteiger partial charge in [0.05, 0.1) is 34.7 Å². The van der Waals surface area contributed by atoms with E-state index in [0.29, 0.717) is 29.4 Å². The molecular formula is C29H29NO6. The second-order valence-electron chi connectivity index (χ2n) is 8.16. The summed E-state index contributed by atoms with van der Waals surface area (Å²) < 4.78 is 27.5. The predicted octanol–water partition coefficient (Wildman–Crippen LogP) is 5.85. The predicted molar refractivity (Wildman–Crippen MR) is 140 cm³/mol. The van der Waals surface area contributed by atoms with Gasteiger partial charge in [0, 0.05) is 35.2 Å². The number of carbonyl (C=O) groups excluding carboxylic acids is 1. The molecule has 7 nitrogen and oxygen atoms in total. The van der Waals surface area contributed by atoms with Gasteiger partial charge in [0.25, 0.3) is 0 Å². The summed E-state index contributed by atoms with van der Waals surface area (Å²) in [6.45, 7) is 2.27. The van der Waals surface area contributed by atoms with Crippen molar-refractivity contribution in [2.75, 3.05) is 28.4 Å². The highest BCUT2D eigenvalue weighted by Crippen LogP contribution is 2.39. The zero-order chi connectivity index (χ0) is 25.7. The Morgan fingerprint density at radius 2 is 1.67 bits per heavy atom. The van der Waals surface area contributed by atoms with E-state index in [1.54, 1.807) is 40.8 Å².